The topological polar surface area (TPSA) is 111 Å². The molecule has 0 aliphatic rings. The maximum Gasteiger partial charge on any atom is 0.428 e. The van der Waals surface area contributed by atoms with Gasteiger partial charge in [0.15, 0.2) is 0 Å². The highest BCUT2D eigenvalue weighted by Crippen LogP contribution is 2.08. The molecule has 0 saturated heterocycles. The number of amides is 1. The first-order valence-electron chi connectivity index (χ1n) is 7.35. The third kappa shape index (κ3) is 7.61. The number of nitrogens with one attached hydrogen (secondary N) is 1. The van der Waals surface area contributed by atoms with Crippen molar-refractivity contribution in [2.75, 3.05) is 20.3 Å². The lowest BCUT2D eigenvalue weighted by molar-refractivity contribution is -0.154. The highest BCUT2D eigenvalue weighted by Gasteiger charge is 2.28. The number of hydrogen-bond donors (Lipinski definition) is 1. The molecule has 0 aromatic carbocycles. The van der Waals surface area contributed by atoms with Gasteiger partial charge in [-0.15, -0.1) is 0 Å². The molecule has 136 valence electrons. The van der Waals surface area contributed by atoms with Gasteiger partial charge in [-0.25, -0.2) is 19.4 Å². The van der Waals surface area contributed by atoms with E-state index < -0.39 is 35.0 Å². The van der Waals surface area contributed by atoms with Gasteiger partial charge in [-0.2, -0.15) is 0 Å². The average molecular weight is 344 g/mol. The lowest BCUT2D eigenvalue weighted by Gasteiger charge is -2.24. The van der Waals surface area contributed by atoms with Crippen molar-refractivity contribution < 1.29 is 33.4 Å². The highest BCUT2D eigenvalue weighted by molar-refractivity contribution is 6.46. The van der Waals surface area contributed by atoms with Crippen LogP contribution in [0.4, 0.5) is 4.79 Å². The van der Waals surface area contributed by atoms with Gasteiger partial charge in [0.2, 0.25) is 0 Å². The minimum Gasteiger partial charge on any atom is -0.462 e. The van der Waals surface area contributed by atoms with E-state index >= 15 is 0 Å². The summed E-state index contributed by atoms with van der Waals surface area (Å²) in [4.78, 5) is 47.1. The molecule has 1 N–H and O–H groups in total. The van der Waals surface area contributed by atoms with Gasteiger partial charge in [-0.05, 0) is 34.6 Å². The standard InChI is InChI=1S/C15H24N2O7/c1-7-22-12(19)10(11(18)13(20)23-8-2)9-16-17(6)14(21)24-15(3,4)5/h9,16H,7-8H2,1-6H3/b10-9-. The average Bonchev–Trinajstić information content (AvgIpc) is 2.45. The Morgan fingerprint density at radius 1 is 1.00 bits per heavy atom. The van der Waals surface area contributed by atoms with Crippen LogP contribution in [0.1, 0.15) is 34.6 Å². The number of nitrogens with zero attached hydrogens (tertiary/aromatic N) is 1. The van der Waals surface area contributed by atoms with Gasteiger partial charge >= 0.3 is 18.0 Å². The van der Waals surface area contributed by atoms with E-state index in [0.29, 0.717) is 0 Å². The molecule has 0 atom stereocenters. The fraction of sp³-hybridized carbons (Fsp3) is 0.600. The Morgan fingerprint density at radius 3 is 1.96 bits per heavy atom. The van der Waals surface area contributed by atoms with E-state index in [1.165, 1.54) is 14.0 Å². The minimum absolute atomic E-state index is 0.00812. The van der Waals surface area contributed by atoms with Crippen molar-refractivity contribution in [2.45, 2.75) is 40.2 Å². The van der Waals surface area contributed by atoms with E-state index in [1.807, 2.05) is 0 Å². The lowest BCUT2D eigenvalue weighted by Crippen LogP contribution is -2.41. The first kappa shape index (κ1) is 21.4. The van der Waals surface area contributed by atoms with E-state index in [4.69, 9.17) is 9.47 Å². The molecule has 0 unspecified atom stereocenters. The molecule has 0 aromatic rings. The maximum absolute atomic E-state index is 11.9. The molecule has 0 aromatic heterocycles. The van der Waals surface area contributed by atoms with E-state index in [0.717, 1.165) is 11.2 Å². The van der Waals surface area contributed by atoms with Gasteiger partial charge in [-0.1, -0.05) is 0 Å². The van der Waals surface area contributed by atoms with Crippen LogP contribution < -0.4 is 5.43 Å². The Hall–Kier alpha value is -2.58. The number of ether oxygens (including phenoxy) is 3. The van der Waals surface area contributed by atoms with Crippen LogP contribution in [-0.2, 0) is 28.6 Å². The van der Waals surface area contributed by atoms with Gasteiger partial charge in [0, 0.05) is 13.2 Å². The zero-order valence-corrected chi connectivity index (χ0v) is 14.8. The van der Waals surface area contributed by atoms with Crippen LogP contribution in [0.15, 0.2) is 11.8 Å². The molecule has 9 nitrogen and oxygen atoms in total. The summed E-state index contributed by atoms with van der Waals surface area (Å²) < 4.78 is 14.4. The van der Waals surface area contributed by atoms with Crippen LogP contribution in [-0.4, -0.2) is 54.7 Å². The summed E-state index contributed by atoms with van der Waals surface area (Å²) in [5.74, 6) is -3.39. The third-order valence-corrected chi connectivity index (χ3v) is 2.27. The van der Waals surface area contributed by atoms with Crippen LogP contribution in [0.2, 0.25) is 0 Å². The second kappa shape index (κ2) is 9.53. The van der Waals surface area contributed by atoms with Crippen LogP contribution >= 0.6 is 0 Å². The third-order valence-electron chi connectivity index (χ3n) is 2.27. The summed E-state index contributed by atoms with van der Waals surface area (Å²) >= 11 is 0. The molecule has 9 heteroatoms. The molecule has 0 aliphatic heterocycles. The second-order valence-corrected chi connectivity index (χ2v) is 5.50. The molecule has 0 bridgehead atoms. The van der Waals surface area contributed by atoms with Crippen molar-refractivity contribution >= 4 is 23.8 Å². The predicted octanol–water partition coefficient (Wildman–Crippen LogP) is 0.937. The molecule has 0 saturated carbocycles. The van der Waals surface area contributed by atoms with Gasteiger partial charge in [0.25, 0.3) is 5.78 Å². The Kier molecular flexibility index (Phi) is 8.51. The smallest absolute Gasteiger partial charge is 0.428 e. The Balaban J connectivity index is 5.18. The van der Waals surface area contributed by atoms with Crippen LogP contribution in [0, 0.1) is 0 Å². The quantitative estimate of drug-likeness (QED) is 0.138. The van der Waals surface area contributed by atoms with Crippen molar-refractivity contribution in [1.82, 2.24) is 10.4 Å². The van der Waals surface area contributed by atoms with E-state index in [2.05, 4.69) is 10.2 Å². The second-order valence-electron chi connectivity index (χ2n) is 5.50. The molecule has 0 rings (SSSR count). The number of rotatable bonds is 7. The monoisotopic (exact) mass is 344 g/mol. The molecular formula is C15H24N2O7. The molecule has 1 amide bonds. The van der Waals surface area contributed by atoms with E-state index in [9.17, 15) is 19.2 Å². The highest BCUT2D eigenvalue weighted by atomic mass is 16.6. The lowest BCUT2D eigenvalue weighted by atomic mass is 10.2. The molecule has 0 spiro atoms. The number of hydrogen-bond acceptors (Lipinski definition) is 8. The molecule has 0 heterocycles. The van der Waals surface area contributed by atoms with Crippen LogP contribution in [0.3, 0.4) is 0 Å². The van der Waals surface area contributed by atoms with Crippen molar-refractivity contribution in [2.24, 2.45) is 0 Å². The Morgan fingerprint density at radius 2 is 1.50 bits per heavy atom. The molecular weight excluding hydrogens is 320 g/mol. The number of esters is 2. The summed E-state index contributed by atoms with van der Waals surface area (Å²) in [6, 6.07) is 0. The van der Waals surface area contributed by atoms with Gasteiger partial charge < -0.3 is 14.2 Å². The molecule has 0 radical (unpaired) electrons. The van der Waals surface area contributed by atoms with Crippen molar-refractivity contribution in [1.29, 1.82) is 0 Å². The normalized spacial score (nSPS) is 11.3. The van der Waals surface area contributed by atoms with E-state index in [1.54, 1.807) is 27.7 Å². The van der Waals surface area contributed by atoms with Crippen LogP contribution in [0.5, 0.6) is 0 Å². The first-order chi connectivity index (χ1) is 11.0. The van der Waals surface area contributed by atoms with Crippen LogP contribution in [0.25, 0.3) is 0 Å². The Labute approximate surface area is 140 Å². The summed E-state index contributed by atoms with van der Waals surface area (Å²) in [5.41, 5.74) is 1.08. The number of hydrazine groups is 1. The van der Waals surface area contributed by atoms with Gasteiger partial charge in [0.05, 0.1) is 13.2 Å². The van der Waals surface area contributed by atoms with Crippen molar-refractivity contribution in [3.05, 3.63) is 11.8 Å². The largest absolute Gasteiger partial charge is 0.462 e. The number of ketones is 1. The zero-order chi connectivity index (χ0) is 18.9. The number of carbonyl (C=O) groups excluding carboxylic acids is 4. The maximum atomic E-state index is 11.9. The number of Topliss-reactive ketones (excluding diaryl/α,β-unsaturated/α-hetero) is 1. The molecule has 0 aliphatic carbocycles. The summed E-state index contributed by atoms with van der Waals surface area (Å²) in [5, 5.41) is 0.906. The number of carbonyl (C=O) groups is 4. The predicted molar refractivity (Wildman–Crippen MR) is 83.5 cm³/mol. The minimum atomic E-state index is -1.20. The molecule has 24 heavy (non-hydrogen) atoms. The van der Waals surface area contributed by atoms with Gasteiger partial charge in [0.1, 0.15) is 11.2 Å². The molecule has 0 fully saturated rings. The van der Waals surface area contributed by atoms with E-state index in [-0.39, 0.29) is 13.2 Å². The zero-order valence-electron chi connectivity index (χ0n) is 14.8. The fourth-order valence-electron chi connectivity index (χ4n) is 1.28. The SMILES string of the molecule is CCOC(=O)C(=O)/C(=C/NN(C)C(=O)OC(C)(C)C)C(=O)OCC. The van der Waals surface area contributed by atoms with Crippen molar-refractivity contribution in [3.8, 4) is 0 Å². The van der Waals surface area contributed by atoms with Gasteiger partial charge in [-0.3, -0.25) is 10.2 Å². The Bertz CT molecular complexity index is 520. The first-order valence-corrected chi connectivity index (χ1v) is 7.35. The summed E-state index contributed by atoms with van der Waals surface area (Å²) in [6.45, 7) is 8.10. The fourth-order valence-corrected chi connectivity index (χ4v) is 1.28. The summed E-state index contributed by atoms with van der Waals surface area (Å²) in [6.07, 6.45) is 0.145. The summed E-state index contributed by atoms with van der Waals surface area (Å²) in [7, 11) is 1.32. The van der Waals surface area contributed by atoms with Crippen molar-refractivity contribution in [3.63, 3.8) is 0 Å².